The Hall–Kier alpha value is -1.10. The molecule has 1 atom stereocenters. The van der Waals surface area contributed by atoms with Crippen molar-refractivity contribution in [2.75, 3.05) is 19.6 Å². The van der Waals surface area contributed by atoms with Crippen LogP contribution in [0.25, 0.3) is 0 Å². The van der Waals surface area contributed by atoms with E-state index in [1.165, 1.54) is 0 Å². The minimum atomic E-state index is -0.337. The van der Waals surface area contributed by atoms with E-state index in [1.807, 2.05) is 20.8 Å². The predicted octanol–water partition coefficient (Wildman–Crippen LogP) is 0.407. The van der Waals surface area contributed by atoms with E-state index in [0.29, 0.717) is 6.54 Å². The van der Waals surface area contributed by atoms with Gasteiger partial charge in [-0.15, -0.1) is 0 Å². The van der Waals surface area contributed by atoms with Crippen molar-refractivity contribution in [1.82, 2.24) is 16.0 Å². The van der Waals surface area contributed by atoms with Crippen LogP contribution in [0.3, 0.4) is 0 Å². The van der Waals surface area contributed by atoms with Crippen LogP contribution in [0.15, 0.2) is 0 Å². The third-order valence-corrected chi connectivity index (χ3v) is 3.49. The molecule has 0 spiro atoms. The fourth-order valence-corrected chi connectivity index (χ4v) is 2.35. The molecule has 5 heteroatoms. The van der Waals surface area contributed by atoms with E-state index >= 15 is 0 Å². The van der Waals surface area contributed by atoms with Gasteiger partial charge in [-0.05, 0) is 39.7 Å². The second-order valence-corrected chi connectivity index (χ2v) is 5.32. The molecule has 1 unspecified atom stereocenters. The zero-order valence-corrected chi connectivity index (χ0v) is 11.6. The van der Waals surface area contributed by atoms with Crippen LogP contribution in [0.4, 0.5) is 0 Å². The van der Waals surface area contributed by atoms with Gasteiger partial charge in [-0.3, -0.25) is 9.59 Å². The van der Waals surface area contributed by atoms with Gasteiger partial charge in [0.15, 0.2) is 0 Å². The Labute approximate surface area is 109 Å². The number of rotatable bonds is 5. The fraction of sp³-hybridized carbons (Fsp3) is 0.846. The zero-order valence-electron chi connectivity index (χ0n) is 11.6. The van der Waals surface area contributed by atoms with E-state index in [9.17, 15) is 9.59 Å². The van der Waals surface area contributed by atoms with Gasteiger partial charge >= 0.3 is 0 Å². The van der Waals surface area contributed by atoms with E-state index in [2.05, 4.69) is 16.0 Å². The molecule has 0 bridgehead atoms. The Morgan fingerprint density at radius 2 is 2.11 bits per heavy atom. The lowest BCUT2D eigenvalue weighted by molar-refractivity contribution is -0.134. The van der Waals surface area contributed by atoms with Crippen LogP contribution in [0.5, 0.6) is 0 Å². The SMILES string of the molecule is CCC1(C(=O)NCC(=O)NC(C)C)CCCNC1. The topological polar surface area (TPSA) is 70.2 Å². The van der Waals surface area contributed by atoms with Crippen LogP contribution in [-0.2, 0) is 9.59 Å². The fourth-order valence-electron chi connectivity index (χ4n) is 2.35. The van der Waals surface area contributed by atoms with Crippen LogP contribution >= 0.6 is 0 Å². The Morgan fingerprint density at radius 3 is 2.61 bits per heavy atom. The number of nitrogens with one attached hydrogen (secondary N) is 3. The Bertz CT molecular complexity index is 297. The van der Waals surface area contributed by atoms with Gasteiger partial charge in [-0.2, -0.15) is 0 Å². The average molecular weight is 255 g/mol. The maximum Gasteiger partial charge on any atom is 0.239 e. The van der Waals surface area contributed by atoms with E-state index in [4.69, 9.17) is 0 Å². The van der Waals surface area contributed by atoms with Gasteiger partial charge in [0.2, 0.25) is 11.8 Å². The summed E-state index contributed by atoms with van der Waals surface area (Å²) in [6.45, 7) is 7.58. The number of hydrogen-bond acceptors (Lipinski definition) is 3. The van der Waals surface area contributed by atoms with Crippen molar-refractivity contribution in [3.8, 4) is 0 Å². The summed E-state index contributed by atoms with van der Waals surface area (Å²) >= 11 is 0. The maximum atomic E-state index is 12.2. The molecule has 0 aromatic rings. The van der Waals surface area contributed by atoms with Gasteiger partial charge < -0.3 is 16.0 Å². The molecule has 0 aromatic heterocycles. The highest BCUT2D eigenvalue weighted by Crippen LogP contribution is 2.29. The van der Waals surface area contributed by atoms with Gasteiger partial charge in [-0.1, -0.05) is 6.92 Å². The Kier molecular flexibility index (Phi) is 5.59. The minimum absolute atomic E-state index is 0.00361. The second kappa shape index (κ2) is 6.73. The maximum absolute atomic E-state index is 12.2. The first-order chi connectivity index (χ1) is 8.50. The lowest BCUT2D eigenvalue weighted by atomic mass is 9.77. The van der Waals surface area contributed by atoms with Gasteiger partial charge in [-0.25, -0.2) is 0 Å². The summed E-state index contributed by atoms with van der Waals surface area (Å²) in [5, 5.41) is 8.79. The monoisotopic (exact) mass is 255 g/mol. The molecule has 1 heterocycles. The van der Waals surface area contributed by atoms with Crippen molar-refractivity contribution in [1.29, 1.82) is 0 Å². The molecule has 1 rings (SSSR count). The first kappa shape index (κ1) is 15.0. The van der Waals surface area contributed by atoms with Crippen LogP contribution in [0.1, 0.15) is 40.0 Å². The summed E-state index contributed by atoms with van der Waals surface area (Å²) < 4.78 is 0. The first-order valence-corrected chi connectivity index (χ1v) is 6.78. The standard InChI is InChI=1S/C13H25N3O2/c1-4-13(6-5-7-14-9-13)12(18)15-8-11(17)16-10(2)3/h10,14H,4-9H2,1-3H3,(H,15,18)(H,16,17). The van der Waals surface area contributed by atoms with Gasteiger partial charge in [0.1, 0.15) is 0 Å². The molecule has 1 saturated heterocycles. The van der Waals surface area contributed by atoms with E-state index in [0.717, 1.165) is 25.8 Å². The lowest BCUT2D eigenvalue weighted by Crippen LogP contribution is -2.52. The molecule has 1 aliphatic rings. The summed E-state index contributed by atoms with van der Waals surface area (Å²) in [6.07, 6.45) is 2.71. The molecule has 104 valence electrons. The van der Waals surface area contributed by atoms with Crippen molar-refractivity contribution >= 4 is 11.8 Å². The number of carbonyl (C=O) groups is 2. The minimum Gasteiger partial charge on any atom is -0.352 e. The predicted molar refractivity (Wildman–Crippen MR) is 71.1 cm³/mol. The molecular formula is C13H25N3O2. The molecule has 0 radical (unpaired) electrons. The zero-order chi connectivity index (χ0) is 13.6. The molecule has 0 saturated carbocycles. The highest BCUT2D eigenvalue weighted by atomic mass is 16.2. The molecule has 1 fully saturated rings. The summed E-state index contributed by atoms with van der Waals surface area (Å²) in [6, 6.07) is 0.103. The van der Waals surface area contributed by atoms with Crippen LogP contribution in [0.2, 0.25) is 0 Å². The molecule has 0 aliphatic carbocycles. The number of carbonyl (C=O) groups excluding carboxylic acids is 2. The summed E-state index contributed by atoms with van der Waals surface area (Å²) in [7, 11) is 0. The van der Waals surface area contributed by atoms with Crippen molar-refractivity contribution in [3.63, 3.8) is 0 Å². The van der Waals surface area contributed by atoms with Crippen molar-refractivity contribution in [2.45, 2.75) is 46.1 Å². The third kappa shape index (κ3) is 3.98. The van der Waals surface area contributed by atoms with Crippen molar-refractivity contribution < 1.29 is 9.59 Å². The number of piperidine rings is 1. The van der Waals surface area contributed by atoms with Crippen LogP contribution in [0, 0.1) is 5.41 Å². The van der Waals surface area contributed by atoms with E-state index < -0.39 is 0 Å². The van der Waals surface area contributed by atoms with Gasteiger partial charge in [0.05, 0.1) is 12.0 Å². The van der Waals surface area contributed by atoms with Gasteiger partial charge in [0.25, 0.3) is 0 Å². The normalized spacial score (nSPS) is 23.8. The average Bonchev–Trinajstić information content (AvgIpc) is 2.36. The highest BCUT2D eigenvalue weighted by molar-refractivity contribution is 5.88. The quantitative estimate of drug-likeness (QED) is 0.666. The van der Waals surface area contributed by atoms with Crippen LogP contribution < -0.4 is 16.0 Å². The Morgan fingerprint density at radius 1 is 1.39 bits per heavy atom. The molecule has 3 N–H and O–H groups in total. The molecule has 0 aromatic carbocycles. The van der Waals surface area contributed by atoms with E-state index in [-0.39, 0.29) is 29.8 Å². The molecular weight excluding hydrogens is 230 g/mol. The summed E-state index contributed by atoms with van der Waals surface area (Å²) in [5.41, 5.74) is -0.337. The molecule has 2 amide bonds. The summed E-state index contributed by atoms with van der Waals surface area (Å²) in [4.78, 5) is 23.7. The van der Waals surface area contributed by atoms with Crippen LogP contribution in [-0.4, -0.2) is 37.5 Å². The van der Waals surface area contributed by atoms with Crippen molar-refractivity contribution in [3.05, 3.63) is 0 Å². The van der Waals surface area contributed by atoms with Gasteiger partial charge in [0, 0.05) is 12.6 Å². The van der Waals surface area contributed by atoms with E-state index in [1.54, 1.807) is 0 Å². The third-order valence-electron chi connectivity index (χ3n) is 3.49. The highest BCUT2D eigenvalue weighted by Gasteiger charge is 2.37. The molecule has 1 aliphatic heterocycles. The number of amides is 2. The lowest BCUT2D eigenvalue weighted by Gasteiger charge is -2.35. The first-order valence-electron chi connectivity index (χ1n) is 6.78. The summed E-state index contributed by atoms with van der Waals surface area (Å²) in [5.74, 6) is -0.135. The largest absolute Gasteiger partial charge is 0.352 e. The second-order valence-electron chi connectivity index (χ2n) is 5.32. The smallest absolute Gasteiger partial charge is 0.239 e. The molecule has 5 nitrogen and oxygen atoms in total. The van der Waals surface area contributed by atoms with Crippen molar-refractivity contribution in [2.24, 2.45) is 5.41 Å². The Balaban J connectivity index is 2.45. The number of hydrogen-bond donors (Lipinski definition) is 3. The molecule has 18 heavy (non-hydrogen) atoms.